The second kappa shape index (κ2) is 6.61. The summed E-state index contributed by atoms with van der Waals surface area (Å²) in [5.74, 6) is 0.397. The average Bonchev–Trinajstić information content (AvgIpc) is 3.07. The minimum absolute atomic E-state index is 0.0266. The van der Waals surface area contributed by atoms with E-state index >= 15 is 0 Å². The van der Waals surface area contributed by atoms with Crippen LogP contribution in [0.15, 0.2) is 76.5 Å². The van der Waals surface area contributed by atoms with Gasteiger partial charge in [0.2, 0.25) is 0 Å². The fourth-order valence-electron chi connectivity index (χ4n) is 2.57. The molecule has 0 aliphatic carbocycles. The first-order valence-corrected chi connectivity index (χ1v) is 8.58. The third kappa shape index (κ3) is 3.29. The van der Waals surface area contributed by atoms with E-state index in [9.17, 15) is 14.5 Å². The Kier molecular flexibility index (Phi) is 4.14. The zero-order valence-corrected chi connectivity index (χ0v) is 14.2. The van der Waals surface area contributed by atoms with Crippen molar-refractivity contribution in [1.82, 2.24) is 9.97 Å². The number of nitro benzene ring substituents is 1. The lowest BCUT2D eigenvalue weighted by molar-refractivity contribution is -0.384. The molecule has 5 nitrogen and oxygen atoms in total. The van der Waals surface area contributed by atoms with Gasteiger partial charge in [0.15, 0.2) is 0 Å². The van der Waals surface area contributed by atoms with Gasteiger partial charge in [-0.15, -0.1) is 0 Å². The monoisotopic (exact) mass is 365 g/mol. The molecule has 0 saturated heterocycles. The Bertz CT molecular complexity index is 1090. The zero-order valence-electron chi connectivity index (χ0n) is 13.3. The van der Waals surface area contributed by atoms with Crippen LogP contribution in [-0.4, -0.2) is 14.9 Å². The summed E-state index contributed by atoms with van der Waals surface area (Å²) >= 11 is 1.54. The lowest BCUT2D eigenvalue weighted by atomic mass is 10.2. The zero-order chi connectivity index (χ0) is 18.1. The van der Waals surface area contributed by atoms with Crippen molar-refractivity contribution < 1.29 is 9.31 Å². The topological polar surface area (TPSA) is 71.8 Å². The molecule has 128 valence electrons. The van der Waals surface area contributed by atoms with Crippen molar-refractivity contribution >= 4 is 28.5 Å². The Morgan fingerprint density at radius 2 is 1.62 bits per heavy atom. The molecule has 0 saturated carbocycles. The molecule has 0 unspecified atom stereocenters. The highest BCUT2D eigenvalue weighted by atomic mass is 32.2. The van der Waals surface area contributed by atoms with Crippen LogP contribution in [-0.2, 0) is 0 Å². The Hall–Kier alpha value is -3.19. The van der Waals surface area contributed by atoms with Gasteiger partial charge in [-0.05, 0) is 42.5 Å². The molecule has 0 atom stereocenters. The number of nitrogens with zero attached hydrogens (tertiary/aromatic N) is 2. The van der Waals surface area contributed by atoms with Crippen molar-refractivity contribution in [2.24, 2.45) is 0 Å². The molecule has 1 heterocycles. The molecule has 1 N–H and O–H groups in total. The smallest absolute Gasteiger partial charge is 0.271 e. The first-order chi connectivity index (χ1) is 12.6. The Morgan fingerprint density at radius 3 is 2.27 bits per heavy atom. The quantitative estimate of drug-likeness (QED) is 0.387. The van der Waals surface area contributed by atoms with Crippen LogP contribution in [0.2, 0.25) is 0 Å². The van der Waals surface area contributed by atoms with E-state index in [0.29, 0.717) is 16.9 Å². The summed E-state index contributed by atoms with van der Waals surface area (Å²) in [6.07, 6.45) is 0. The highest BCUT2D eigenvalue weighted by Gasteiger charge is 2.10. The van der Waals surface area contributed by atoms with Crippen LogP contribution in [0.5, 0.6) is 0 Å². The summed E-state index contributed by atoms with van der Waals surface area (Å²) in [5.41, 5.74) is 2.21. The summed E-state index contributed by atoms with van der Waals surface area (Å²) in [6.45, 7) is 0. The second-order valence-electron chi connectivity index (χ2n) is 5.62. The highest BCUT2D eigenvalue weighted by Crippen LogP contribution is 2.30. The van der Waals surface area contributed by atoms with Crippen LogP contribution in [0.25, 0.3) is 22.4 Å². The van der Waals surface area contributed by atoms with Gasteiger partial charge in [-0.3, -0.25) is 10.1 Å². The second-order valence-corrected chi connectivity index (χ2v) is 6.77. The lowest BCUT2D eigenvalue weighted by Crippen LogP contribution is -1.86. The van der Waals surface area contributed by atoms with E-state index in [-0.39, 0.29) is 11.5 Å². The summed E-state index contributed by atoms with van der Waals surface area (Å²) in [4.78, 5) is 20.0. The predicted octanol–water partition coefficient (Wildman–Crippen LogP) is 5.43. The molecule has 0 fully saturated rings. The van der Waals surface area contributed by atoms with Gasteiger partial charge in [-0.25, -0.2) is 9.37 Å². The van der Waals surface area contributed by atoms with E-state index in [4.69, 9.17) is 0 Å². The van der Waals surface area contributed by atoms with Gasteiger partial charge in [-0.2, -0.15) is 0 Å². The van der Waals surface area contributed by atoms with Crippen LogP contribution in [0, 0.1) is 15.9 Å². The van der Waals surface area contributed by atoms with Crippen LogP contribution in [0.1, 0.15) is 0 Å². The maximum atomic E-state index is 13.0. The molecule has 0 bridgehead atoms. The van der Waals surface area contributed by atoms with Crippen LogP contribution >= 0.6 is 11.8 Å². The standard InChI is InChI=1S/C19H12FN3O2S/c20-13-3-8-16(9-4-13)26-15-6-1-12(2-7-15)19-21-17-10-5-14(23(24)25)11-18(17)22-19/h1-11H,(H,21,22). The molecule has 4 aromatic rings. The molecule has 1 aromatic heterocycles. The Labute approximate surface area is 152 Å². The van der Waals surface area contributed by atoms with Gasteiger partial charge in [0.25, 0.3) is 5.69 Å². The van der Waals surface area contributed by atoms with Gasteiger partial charge >= 0.3 is 0 Å². The number of H-pyrrole nitrogens is 1. The fraction of sp³-hybridized carbons (Fsp3) is 0. The van der Waals surface area contributed by atoms with Crippen LogP contribution < -0.4 is 0 Å². The van der Waals surface area contributed by atoms with E-state index in [1.54, 1.807) is 18.2 Å². The van der Waals surface area contributed by atoms with Crippen LogP contribution in [0.3, 0.4) is 0 Å². The number of hydrogen-bond donors (Lipinski definition) is 1. The largest absolute Gasteiger partial charge is 0.338 e. The van der Waals surface area contributed by atoms with Crippen molar-refractivity contribution in [3.05, 3.63) is 82.7 Å². The first-order valence-electron chi connectivity index (χ1n) is 7.76. The third-order valence-corrected chi connectivity index (χ3v) is 4.87. The van der Waals surface area contributed by atoms with Gasteiger partial charge in [0.1, 0.15) is 11.6 Å². The molecule has 0 spiro atoms. The summed E-state index contributed by atoms with van der Waals surface area (Å²) in [5, 5.41) is 10.9. The molecule has 0 radical (unpaired) electrons. The molecule has 7 heteroatoms. The normalized spacial score (nSPS) is 11.0. The van der Waals surface area contributed by atoms with Crippen molar-refractivity contribution in [2.75, 3.05) is 0 Å². The minimum atomic E-state index is -0.429. The van der Waals surface area contributed by atoms with Crippen molar-refractivity contribution in [3.63, 3.8) is 0 Å². The Morgan fingerprint density at radius 1 is 0.962 bits per heavy atom. The maximum absolute atomic E-state index is 13.0. The number of aromatic nitrogens is 2. The van der Waals surface area contributed by atoms with Crippen LogP contribution in [0.4, 0.5) is 10.1 Å². The van der Waals surface area contributed by atoms with Gasteiger partial charge < -0.3 is 4.98 Å². The predicted molar refractivity (Wildman–Crippen MR) is 98.7 cm³/mol. The van der Waals surface area contributed by atoms with E-state index in [1.165, 1.54) is 36.0 Å². The van der Waals surface area contributed by atoms with E-state index in [1.807, 2.05) is 24.3 Å². The van der Waals surface area contributed by atoms with E-state index < -0.39 is 4.92 Å². The number of halogens is 1. The number of hydrogen-bond acceptors (Lipinski definition) is 4. The van der Waals surface area contributed by atoms with Gasteiger partial charge in [0, 0.05) is 27.5 Å². The molecular weight excluding hydrogens is 353 g/mol. The minimum Gasteiger partial charge on any atom is -0.338 e. The highest BCUT2D eigenvalue weighted by molar-refractivity contribution is 7.99. The number of fused-ring (bicyclic) bond motifs is 1. The number of nitrogens with one attached hydrogen (secondary N) is 1. The molecule has 4 rings (SSSR count). The SMILES string of the molecule is O=[N+]([O-])c1ccc2nc(-c3ccc(Sc4ccc(F)cc4)cc3)[nH]c2c1. The number of rotatable bonds is 4. The number of nitro groups is 1. The average molecular weight is 365 g/mol. The van der Waals surface area contributed by atoms with Gasteiger partial charge in [-0.1, -0.05) is 23.9 Å². The van der Waals surface area contributed by atoms with Crippen molar-refractivity contribution in [3.8, 4) is 11.4 Å². The lowest BCUT2D eigenvalue weighted by Gasteiger charge is -2.03. The maximum Gasteiger partial charge on any atom is 0.271 e. The Balaban J connectivity index is 1.59. The first kappa shape index (κ1) is 16.3. The fourth-order valence-corrected chi connectivity index (χ4v) is 3.38. The summed E-state index contributed by atoms with van der Waals surface area (Å²) in [6, 6.07) is 18.7. The molecular formula is C19H12FN3O2S. The van der Waals surface area contributed by atoms with Crippen molar-refractivity contribution in [1.29, 1.82) is 0 Å². The molecule has 3 aromatic carbocycles. The molecule has 0 amide bonds. The number of benzene rings is 3. The van der Waals surface area contributed by atoms with Crippen molar-refractivity contribution in [2.45, 2.75) is 9.79 Å². The number of non-ortho nitro benzene ring substituents is 1. The molecule has 26 heavy (non-hydrogen) atoms. The van der Waals surface area contributed by atoms with Gasteiger partial charge in [0.05, 0.1) is 16.0 Å². The molecule has 0 aliphatic rings. The third-order valence-electron chi connectivity index (χ3n) is 3.85. The van der Waals surface area contributed by atoms with E-state index in [2.05, 4.69) is 9.97 Å². The van der Waals surface area contributed by atoms with E-state index in [0.717, 1.165) is 15.4 Å². The number of aromatic amines is 1. The summed E-state index contributed by atoms with van der Waals surface area (Å²) < 4.78 is 13.0. The number of imidazole rings is 1. The summed E-state index contributed by atoms with van der Waals surface area (Å²) in [7, 11) is 0. The molecule has 0 aliphatic heterocycles.